The molecule has 1 aromatic heterocycles. The van der Waals surface area contributed by atoms with Crippen molar-refractivity contribution in [2.75, 3.05) is 5.75 Å². The molecular weight excluding hydrogens is 424 g/mol. The Morgan fingerprint density at radius 2 is 1.88 bits per heavy atom. The molecule has 0 N–H and O–H groups in total. The van der Waals surface area contributed by atoms with Crippen LogP contribution in [0.25, 0.3) is 10.2 Å². The minimum absolute atomic E-state index is 0.0256. The lowest BCUT2D eigenvalue weighted by molar-refractivity contribution is 0.0998. The second kappa shape index (κ2) is 6.86. The Hall–Kier alpha value is -1.77. The largest absolute Gasteiger partial charge is 0.319 e. The van der Waals surface area contributed by atoms with Gasteiger partial charge in [-0.05, 0) is 42.5 Å². The van der Waals surface area contributed by atoms with Crippen molar-refractivity contribution in [2.24, 2.45) is 12.0 Å². The maximum atomic E-state index is 12.4. The summed E-state index contributed by atoms with van der Waals surface area (Å²) in [5.41, 5.74) is 1.35. The summed E-state index contributed by atoms with van der Waals surface area (Å²) >= 11 is 4.85. The van der Waals surface area contributed by atoms with Gasteiger partial charge in [0, 0.05) is 17.1 Å². The zero-order chi connectivity index (χ0) is 18.2. The maximum absolute atomic E-state index is 12.4. The van der Waals surface area contributed by atoms with E-state index in [1.165, 1.54) is 35.6 Å². The second-order valence-electron chi connectivity index (χ2n) is 5.40. The first kappa shape index (κ1) is 18.0. The Kier molecular flexibility index (Phi) is 4.95. The van der Waals surface area contributed by atoms with E-state index in [2.05, 4.69) is 20.9 Å². The number of halogens is 1. The summed E-state index contributed by atoms with van der Waals surface area (Å²) in [4.78, 5) is 17.4. The predicted molar refractivity (Wildman–Crippen MR) is 103 cm³/mol. The lowest BCUT2D eigenvalue weighted by Crippen LogP contribution is -2.13. The van der Waals surface area contributed by atoms with E-state index in [9.17, 15) is 13.2 Å². The molecule has 0 saturated heterocycles. The van der Waals surface area contributed by atoms with E-state index < -0.39 is 15.7 Å². The van der Waals surface area contributed by atoms with Gasteiger partial charge in [0.05, 0.1) is 20.9 Å². The van der Waals surface area contributed by atoms with Gasteiger partial charge in [0.2, 0.25) is 0 Å². The Morgan fingerprint density at radius 3 is 2.52 bits per heavy atom. The van der Waals surface area contributed by atoms with Gasteiger partial charge in [0.25, 0.3) is 5.91 Å². The number of nitrogens with zero attached hydrogens (tertiary/aromatic N) is 2. The molecule has 0 unspecified atom stereocenters. The number of thiazole rings is 1. The molecule has 3 rings (SSSR count). The van der Waals surface area contributed by atoms with Gasteiger partial charge in [0.15, 0.2) is 14.6 Å². The number of benzene rings is 2. The van der Waals surface area contributed by atoms with Crippen molar-refractivity contribution in [1.82, 2.24) is 4.57 Å². The van der Waals surface area contributed by atoms with Crippen LogP contribution in [-0.4, -0.2) is 24.6 Å². The standard InChI is InChI=1S/C17H15BrN2O3S2/c1-3-25(22,23)13-7-4-11(5-8-13)16(21)19-17-20(2)14-9-6-12(18)10-15(14)24-17/h4-10H,3H2,1-2H3. The van der Waals surface area contributed by atoms with Crippen LogP contribution in [-0.2, 0) is 16.9 Å². The number of fused-ring (bicyclic) bond motifs is 1. The number of aryl methyl sites for hydroxylation is 1. The van der Waals surface area contributed by atoms with Crippen molar-refractivity contribution in [1.29, 1.82) is 0 Å². The van der Waals surface area contributed by atoms with E-state index >= 15 is 0 Å². The first-order chi connectivity index (χ1) is 11.8. The number of carbonyl (C=O) groups excluding carboxylic acids is 1. The number of sulfone groups is 1. The van der Waals surface area contributed by atoms with Gasteiger partial charge in [-0.3, -0.25) is 4.79 Å². The molecule has 8 heteroatoms. The molecule has 0 spiro atoms. The number of amides is 1. The molecule has 0 aliphatic carbocycles. The molecule has 3 aromatic rings. The summed E-state index contributed by atoms with van der Waals surface area (Å²) in [7, 11) is -1.42. The molecular formula is C17H15BrN2O3S2. The summed E-state index contributed by atoms with van der Waals surface area (Å²) in [6.45, 7) is 1.59. The Morgan fingerprint density at radius 1 is 1.20 bits per heavy atom. The van der Waals surface area contributed by atoms with Gasteiger partial charge >= 0.3 is 0 Å². The van der Waals surface area contributed by atoms with E-state index in [1.54, 1.807) is 6.92 Å². The van der Waals surface area contributed by atoms with Crippen LogP contribution < -0.4 is 4.80 Å². The molecule has 1 heterocycles. The van der Waals surface area contributed by atoms with E-state index in [4.69, 9.17) is 0 Å². The summed E-state index contributed by atoms with van der Waals surface area (Å²) in [5.74, 6) is -0.376. The van der Waals surface area contributed by atoms with E-state index in [0.717, 1.165) is 14.7 Å². The second-order valence-corrected chi connectivity index (χ2v) is 9.60. The smallest absolute Gasteiger partial charge is 0.279 e. The highest BCUT2D eigenvalue weighted by Crippen LogP contribution is 2.21. The number of aromatic nitrogens is 1. The van der Waals surface area contributed by atoms with Crippen LogP contribution in [0, 0.1) is 0 Å². The summed E-state index contributed by atoms with van der Waals surface area (Å²) in [6, 6.07) is 11.8. The molecule has 1 amide bonds. The third-order valence-electron chi connectivity index (χ3n) is 3.81. The highest BCUT2D eigenvalue weighted by molar-refractivity contribution is 9.10. The third-order valence-corrected chi connectivity index (χ3v) is 7.15. The number of hydrogen-bond donors (Lipinski definition) is 0. The lowest BCUT2D eigenvalue weighted by atomic mass is 10.2. The molecule has 0 aliphatic heterocycles. The summed E-state index contributed by atoms with van der Waals surface area (Å²) in [6.07, 6.45) is 0. The fourth-order valence-electron chi connectivity index (χ4n) is 2.34. The molecule has 0 radical (unpaired) electrons. The first-order valence-corrected chi connectivity index (χ1v) is 10.7. The van der Waals surface area contributed by atoms with Gasteiger partial charge in [-0.1, -0.05) is 34.2 Å². The van der Waals surface area contributed by atoms with E-state index in [1.807, 2.05) is 29.8 Å². The quantitative estimate of drug-likeness (QED) is 0.627. The van der Waals surface area contributed by atoms with Gasteiger partial charge in [-0.15, -0.1) is 0 Å². The predicted octanol–water partition coefficient (Wildman–Crippen LogP) is 3.54. The molecule has 2 aromatic carbocycles. The van der Waals surface area contributed by atoms with Crippen LogP contribution in [0.4, 0.5) is 0 Å². The van der Waals surface area contributed by atoms with Crippen LogP contribution in [0.1, 0.15) is 17.3 Å². The highest BCUT2D eigenvalue weighted by atomic mass is 79.9. The van der Waals surface area contributed by atoms with Gasteiger partial charge in [-0.25, -0.2) is 8.42 Å². The average molecular weight is 439 g/mol. The Bertz CT molecular complexity index is 1130. The van der Waals surface area contributed by atoms with Crippen LogP contribution in [0.2, 0.25) is 0 Å². The molecule has 0 bridgehead atoms. The SMILES string of the molecule is CCS(=O)(=O)c1ccc(C(=O)N=c2sc3cc(Br)ccc3n2C)cc1. The Balaban J connectivity index is 1.99. The van der Waals surface area contributed by atoms with Crippen LogP contribution in [0.3, 0.4) is 0 Å². The zero-order valence-corrected chi connectivity index (χ0v) is 16.8. The van der Waals surface area contributed by atoms with Crippen LogP contribution in [0.5, 0.6) is 0 Å². The summed E-state index contributed by atoms with van der Waals surface area (Å²) < 4.78 is 27.5. The van der Waals surface area contributed by atoms with Gasteiger partial charge < -0.3 is 4.57 Å². The molecule has 5 nitrogen and oxygen atoms in total. The normalized spacial score (nSPS) is 12.7. The monoisotopic (exact) mass is 438 g/mol. The molecule has 0 saturated carbocycles. The molecule has 130 valence electrons. The Labute approximate surface area is 157 Å². The average Bonchev–Trinajstić information content (AvgIpc) is 2.90. The maximum Gasteiger partial charge on any atom is 0.279 e. The van der Waals surface area contributed by atoms with Crippen molar-refractivity contribution in [2.45, 2.75) is 11.8 Å². The molecule has 0 aliphatic rings. The highest BCUT2D eigenvalue weighted by Gasteiger charge is 2.13. The minimum Gasteiger partial charge on any atom is -0.319 e. The van der Waals surface area contributed by atoms with Gasteiger partial charge in [0.1, 0.15) is 0 Å². The van der Waals surface area contributed by atoms with E-state index in [0.29, 0.717) is 10.4 Å². The molecule has 0 fully saturated rings. The zero-order valence-electron chi connectivity index (χ0n) is 13.6. The summed E-state index contributed by atoms with van der Waals surface area (Å²) in [5, 5.41) is 0. The number of carbonyl (C=O) groups is 1. The van der Waals surface area contributed by atoms with Gasteiger partial charge in [-0.2, -0.15) is 4.99 Å². The molecule has 0 atom stereocenters. The van der Waals surface area contributed by atoms with Crippen LogP contribution in [0.15, 0.2) is 56.8 Å². The lowest BCUT2D eigenvalue weighted by Gasteiger charge is -2.01. The third kappa shape index (κ3) is 3.61. The van der Waals surface area contributed by atoms with Crippen LogP contribution >= 0.6 is 27.3 Å². The topological polar surface area (TPSA) is 68.5 Å². The van der Waals surface area contributed by atoms with Crippen molar-refractivity contribution in [3.05, 3.63) is 57.3 Å². The minimum atomic E-state index is -3.28. The van der Waals surface area contributed by atoms with Crippen molar-refractivity contribution < 1.29 is 13.2 Å². The number of rotatable bonds is 3. The fourth-order valence-corrected chi connectivity index (χ4v) is 4.79. The first-order valence-electron chi connectivity index (χ1n) is 7.49. The van der Waals surface area contributed by atoms with Crippen molar-refractivity contribution in [3.8, 4) is 0 Å². The van der Waals surface area contributed by atoms with E-state index in [-0.39, 0.29) is 10.6 Å². The fraction of sp³-hybridized carbons (Fsp3) is 0.176. The van der Waals surface area contributed by atoms with Crippen molar-refractivity contribution >= 4 is 53.2 Å². The molecule has 25 heavy (non-hydrogen) atoms. The number of hydrogen-bond acceptors (Lipinski definition) is 4. The van der Waals surface area contributed by atoms with Crippen molar-refractivity contribution in [3.63, 3.8) is 0 Å².